The lowest BCUT2D eigenvalue weighted by Gasteiger charge is -2.42. The normalized spacial score (nSPS) is 20.2. The molecule has 2 rings (SSSR count). The van der Waals surface area contributed by atoms with Crippen molar-refractivity contribution in [3.63, 3.8) is 0 Å². The number of carbonyl (C=O) groups is 2. The molecule has 20 heavy (non-hydrogen) atoms. The molecule has 1 saturated heterocycles. The third kappa shape index (κ3) is 2.99. The second kappa shape index (κ2) is 6.32. The minimum absolute atomic E-state index is 0.0468. The van der Waals surface area contributed by atoms with E-state index < -0.39 is 0 Å². The number of thiazole rings is 1. The highest BCUT2D eigenvalue weighted by atomic mass is 32.1. The Morgan fingerprint density at radius 2 is 2.20 bits per heavy atom. The van der Waals surface area contributed by atoms with E-state index in [1.807, 2.05) is 0 Å². The highest BCUT2D eigenvalue weighted by molar-refractivity contribution is 7.07. The van der Waals surface area contributed by atoms with Gasteiger partial charge < -0.3 is 10.2 Å². The van der Waals surface area contributed by atoms with Crippen LogP contribution in [0.25, 0.3) is 0 Å². The van der Waals surface area contributed by atoms with Crippen LogP contribution in [0.15, 0.2) is 10.9 Å². The third-order valence-electron chi connectivity index (χ3n) is 3.57. The van der Waals surface area contributed by atoms with E-state index in [-0.39, 0.29) is 23.9 Å². The molecule has 0 radical (unpaired) electrons. The van der Waals surface area contributed by atoms with Crippen molar-refractivity contribution in [1.29, 1.82) is 0 Å². The van der Waals surface area contributed by atoms with Crippen molar-refractivity contribution in [2.45, 2.75) is 25.9 Å². The molecule has 6 nitrogen and oxygen atoms in total. The fourth-order valence-corrected chi connectivity index (χ4v) is 3.01. The molecule has 1 fully saturated rings. The maximum absolute atomic E-state index is 12.3. The van der Waals surface area contributed by atoms with Gasteiger partial charge in [-0.05, 0) is 13.8 Å². The van der Waals surface area contributed by atoms with Crippen LogP contribution in [0.4, 0.5) is 0 Å². The first-order valence-corrected chi connectivity index (χ1v) is 7.63. The lowest BCUT2D eigenvalue weighted by atomic mass is 10.1. The Labute approximate surface area is 122 Å². The maximum Gasteiger partial charge on any atom is 0.273 e. The van der Waals surface area contributed by atoms with Crippen molar-refractivity contribution in [3.05, 3.63) is 16.6 Å². The molecule has 2 heterocycles. The highest BCUT2D eigenvalue weighted by Gasteiger charge is 2.35. The number of likely N-dealkylation sites (N-methyl/N-ethyl adjacent to an activating group) is 1. The van der Waals surface area contributed by atoms with Crippen molar-refractivity contribution in [2.75, 3.05) is 26.7 Å². The molecule has 1 aromatic rings. The smallest absolute Gasteiger partial charge is 0.273 e. The summed E-state index contributed by atoms with van der Waals surface area (Å²) in [6.45, 7) is 5.86. The molecule has 7 heteroatoms. The number of hydrogen-bond acceptors (Lipinski definition) is 5. The lowest BCUT2D eigenvalue weighted by molar-refractivity contribution is -0.128. The van der Waals surface area contributed by atoms with Crippen LogP contribution in [0.2, 0.25) is 0 Å². The van der Waals surface area contributed by atoms with E-state index >= 15 is 0 Å². The van der Waals surface area contributed by atoms with E-state index in [4.69, 9.17) is 0 Å². The van der Waals surface area contributed by atoms with Gasteiger partial charge in [-0.2, -0.15) is 0 Å². The van der Waals surface area contributed by atoms with Gasteiger partial charge in [0, 0.05) is 38.1 Å². The van der Waals surface area contributed by atoms with Gasteiger partial charge in [-0.1, -0.05) is 0 Å². The molecular weight excluding hydrogens is 276 g/mol. The van der Waals surface area contributed by atoms with Crippen LogP contribution in [0.3, 0.4) is 0 Å². The summed E-state index contributed by atoms with van der Waals surface area (Å²) in [5, 5.41) is 4.42. The van der Waals surface area contributed by atoms with Crippen LogP contribution in [0.1, 0.15) is 24.3 Å². The molecule has 0 saturated carbocycles. The van der Waals surface area contributed by atoms with Gasteiger partial charge in [-0.3, -0.25) is 14.5 Å². The van der Waals surface area contributed by atoms with E-state index in [0.717, 1.165) is 0 Å². The maximum atomic E-state index is 12.3. The minimum atomic E-state index is -0.295. The van der Waals surface area contributed by atoms with Gasteiger partial charge in [-0.15, -0.1) is 11.3 Å². The Bertz CT molecular complexity index is 475. The van der Waals surface area contributed by atoms with Crippen molar-refractivity contribution >= 4 is 23.2 Å². The van der Waals surface area contributed by atoms with Gasteiger partial charge in [0.15, 0.2) is 0 Å². The summed E-state index contributed by atoms with van der Waals surface area (Å²) in [5.41, 5.74) is 2.11. The standard InChI is InChI=1S/C13H20N4O2S/c1-9(2)17-5-4-16(6-11(17)12(18)14-3)13(19)10-7-20-8-15-10/h7-9,11H,4-6H2,1-3H3,(H,14,18)/t11-/m1/s1. The minimum Gasteiger partial charge on any atom is -0.358 e. The van der Waals surface area contributed by atoms with Gasteiger partial charge in [0.1, 0.15) is 11.7 Å². The fraction of sp³-hybridized carbons (Fsp3) is 0.615. The predicted octanol–water partition coefficient (Wildman–Crippen LogP) is 0.424. The van der Waals surface area contributed by atoms with Gasteiger partial charge in [0.25, 0.3) is 5.91 Å². The van der Waals surface area contributed by atoms with Gasteiger partial charge in [0.2, 0.25) is 5.91 Å². The van der Waals surface area contributed by atoms with Crippen LogP contribution in [0, 0.1) is 0 Å². The van der Waals surface area contributed by atoms with E-state index in [2.05, 4.69) is 29.0 Å². The zero-order valence-electron chi connectivity index (χ0n) is 12.0. The average Bonchev–Trinajstić information content (AvgIpc) is 2.99. The van der Waals surface area contributed by atoms with E-state index in [9.17, 15) is 9.59 Å². The highest BCUT2D eigenvalue weighted by Crippen LogP contribution is 2.16. The van der Waals surface area contributed by atoms with E-state index in [1.54, 1.807) is 22.8 Å². The Kier molecular flexibility index (Phi) is 4.72. The zero-order valence-corrected chi connectivity index (χ0v) is 12.8. The molecule has 0 spiro atoms. The molecule has 1 N–H and O–H groups in total. The van der Waals surface area contributed by atoms with Gasteiger partial charge >= 0.3 is 0 Å². The van der Waals surface area contributed by atoms with Crippen molar-refractivity contribution < 1.29 is 9.59 Å². The number of nitrogens with zero attached hydrogens (tertiary/aromatic N) is 3. The number of carbonyl (C=O) groups excluding carboxylic acids is 2. The Hall–Kier alpha value is -1.47. The number of nitrogens with one attached hydrogen (secondary N) is 1. The van der Waals surface area contributed by atoms with Crippen molar-refractivity contribution in [1.82, 2.24) is 20.1 Å². The number of amides is 2. The average molecular weight is 296 g/mol. The molecule has 1 atom stereocenters. The van der Waals surface area contributed by atoms with Gasteiger partial charge in [0.05, 0.1) is 5.51 Å². The molecule has 0 bridgehead atoms. The summed E-state index contributed by atoms with van der Waals surface area (Å²) in [6, 6.07) is -0.0230. The summed E-state index contributed by atoms with van der Waals surface area (Å²) in [7, 11) is 1.63. The van der Waals surface area contributed by atoms with Crippen LogP contribution < -0.4 is 5.32 Å². The Morgan fingerprint density at radius 3 is 2.75 bits per heavy atom. The molecule has 1 aromatic heterocycles. The number of hydrogen-bond donors (Lipinski definition) is 1. The monoisotopic (exact) mass is 296 g/mol. The first-order chi connectivity index (χ1) is 9.54. The van der Waals surface area contributed by atoms with Gasteiger partial charge in [-0.25, -0.2) is 4.98 Å². The van der Waals surface area contributed by atoms with Crippen LogP contribution >= 0.6 is 11.3 Å². The molecule has 2 amide bonds. The predicted molar refractivity (Wildman–Crippen MR) is 77.7 cm³/mol. The quantitative estimate of drug-likeness (QED) is 0.878. The summed E-state index contributed by atoms with van der Waals surface area (Å²) in [4.78, 5) is 32.2. The number of aromatic nitrogens is 1. The lowest BCUT2D eigenvalue weighted by Crippen LogP contribution is -2.61. The molecule has 110 valence electrons. The van der Waals surface area contributed by atoms with E-state index in [1.165, 1.54) is 11.3 Å². The second-order valence-corrected chi connectivity index (χ2v) is 5.81. The van der Waals surface area contributed by atoms with Crippen LogP contribution in [-0.2, 0) is 4.79 Å². The third-order valence-corrected chi connectivity index (χ3v) is 4.16. The molecular formula is C13H20N4O2S. The summed E-state index contributed by atoms with van der Waals surface area (Å²) in [5.74, 6) is -0.141. The summed E-state index contributed by atoms with van der Waals surface area (Å²) < 4.78 is 0. The topological polar surface area (TPSA) is 65.5 Å². The van der Waals surface area contributed by atoms with E-state index in [0.29, 0.717) is 25.3 Å². The Morgan fingerprint density at radius 1 is 1.45 bits per heavy atom. The number of piperazine rings is 1. The van der Waals surface area contributed by atoms with Crippen molar-refractivity contribution in [2.24, 2.45) is 0 Å². The molecule has 0 aromatic carbocycles. The first kappa shape index (κ1) is 14.9. The SMILES string of the molecule is CNC(=O)[C@H]1CN(C(=O)c2cscn2)CCN1C(C)C. The van der Waals surface area contributed by atoms with Crippen molar-refractivity contribution in [3.8, 4) is 0 Å². The van der Waals surface area contributed by atoms with Crippen LogP contribution in [-0.4, -0.2) is 65.4 Å². The summed E-state index contributed by atoms with van der Waals surface area (Å²) >= 11 is 1.40. The Balaban J connectivity index is 2.12. The summed E-state index contributed by atoms with van der Waals surface area (Å²) in [6.07, 6.45) is 0. The van der Waals surface area contributed by atoms with Crippen LogP contribution in [0.5, 0.6) is 0 Å². The fourth-order valence-electron chi connectivity index (χ4n) is 2.48. The molecule has 0 unspecified atom stereocenters. The molecule has 1 aliphatic rings. The molecule has 1 aliphatic heterocycles. The first-order valence-electron chi connectivity index (χ1n) is 6.69. The second-order valence-electron chi connectivity index (χ2n) is 5.09. The zero-order chi connectivity index (χ0) is 14.7. The largest absolute Gasteiger partial charge is 0.358 e. The number of rotatable bonds is 3. The molecule has 0 aliphatic carbocycles.